The highest BCUT2D eigenvalue weighted by molar-refractivity contribution is 7.18. The van der Waals surface area contributed by atoms with E-state index in [1.165, 1.54) is 11.3 Å². The fraction of sp³-hybridized carbons (Fsp3) is 0.250. The van der Waals surface area contributed by atoms with E-state index in [9.17, 15) is 14.7 Å². The van der Waals surface area contributed by atoms with Gasteiger partial charge in [0.25, 0.3) is 5.91 Å². The zero-order valence-electron chi connectivity index (χ0n) is 18.8. The van der Waals surface area contributed by atoms with Crippen LogP contribution in [-0.4, -0.2) is 44.2 Å². The fourth-order valence-corrected chi connectivity index (χ4v) is 4.61. The van der Waals surface area contributed by atoms with Crippen molar-refractivity contribution in [3.8, 4) is 10.4 Å². The second-order valence-electron chi connectivity index (χ2n) is 7.46. The Morgan fingerprint density at radius 1 is 0.938 bits per heavy atom. The molecule has 8 heteroatoms. The lowest BCUT2D eigenvalue weighted by atomic mass is 10.1. The number of nitrogens with zero attached hydrogens (tertiary/aromatic N) is 1. The summed E-state index contributed by atoms with van der Waals surface area (Å²) in [5.41, 5.74) is 3.89. The van der Waals surface area contributed by atoms with Gasteiger partial charge in [0.1, 0.15) is 4.88 Å². The molecule has 1 heterocycles. The maximum atomic E-state index is 13.9. The van der Waals surface area contributed by atoms with Gasteiger partial charge in [-0.3, -0.25) is 4.79 Å². The number of rotatable bonds is 8. The highest BCUT2D eigenvalue weighted by Gasteiger charge is 2.31. The molecule has 1 aromatic heterocycles. The molecular formula is C24H28N4O3S. The number of carbonyl (C=O) groups excluding carboxylic acids is 1. The summed E-state index contributed by atoms with van der Waals surface area (Å²) in [5.74, 6) is -1.34. The molecule has 3 rings (SSSR count). The first-order valence-corrected chi connectivity index (χ1v) is 11.1. The quantitative estimate of drug-likeness (QED) is 0.371. The van der Waals surface area contributed by atoms with Gasteiger partial charge in [-0.25, -0.2) is 4.79 Å². The van der Waals surface area contributed by atoms with Crippen LogP contribution in [0.5, 0.6) is 0 Å². The van der Waals surface area contributed by atoms with Gasteiger partial charge in [0.2, 0.25) is 0 Å². The Bertz CT molecular complexity index is 1100. The number of hydrogen-bond acceptors (Lipinski definition) is 6. The van der Waals surface area contributed by atoms with E-state index >= 15 is 0 Å². The Hall–Kier alpha value is -3.52. The number of amides is 1. The van der Waals surface area contributed by atoms with Gasteiger partial charge in [-0.2, -0.15) is 0 Å². The summed E-state index contributed by atoms with van der Waals surface area (Å²) in [6.07, 6.45) is 0. The van der Waals surface area contributed by atoms with Crippen molar-refractivity contribution in [3.63, 3.8) is 0 Å². The van der Waals surface area contributed by atoms with E-state index in [1.807, 2.05) is 63.4 Å². The third kappa shape index (κ3) is 4.40. The molecule has 0 aliphatic heterocycles. The van der Waals surface area contributed by atoms with Crippen molar-refractivity contribution in [3.05, 3.63) is 59.0 Å². The molecule has 3 aromatic rings. The van der Waals surface area contributed by atoms with E-state index in [2.05, 4.69) is 16.0 Å². The number of hydrogen-bond donors (Lipinski definition) is 4. The number of nitrogens with one attached hydrogen (secondary N) is 3. The third-order valence-electron chi connectivity index (χ3n) is 5.14. The summed E-state index contributed by atoms with van der Waals surface area (Å²) in [5, 5.41) is 19.2. The summed E-state index contributed by atoms with van der Waals surface area (Å²) in [7, 11) is 5.32. The number of benzene rings is 2. The minimum Gasteiger partial charge on any atom is -0.477 e. The lowest BCUT2D eigenvalue weighted by Crippen LogP contribution is -2.38. The number of thiophene rings is 1. The predicted octanol–water partition coefficient (Wildman–Crippen LogP) is 5.29. The minimum absolute atomic E-state index is 0.134. The van der Waals surface area contributed by atoms with Crippen LogP contribution in [0, 0.1) is 0 Å². The van der Waals surface area contributed by atoms with Crippen molar-refractivity contribution in [2.75, 3.05) is 42.0 Å². The molecule has 0 radical (unpaired) electrons. The Balaban J connectivity index is 2.19. The van der Waals surface area contributed by atoms with E-state index in [-0.39, 0.29) is 16.8 Å². The van der Waals surface area contributed by atoms with Crippen molar-refractivity contribution >= 4 is 46.0 Å². The van der Waals surface area contributed by atoms with E-state index in [1.54, 1.807) is 25.1 Å². The van der Waals surface area contributed by atoms with E-state index < -0.39 is 5.97 Å². The van der Waals surface area contributed by atoms with Crippen molar-refractivity contribution in [2.24, 2.45) is 0 Å². The van der Waals surface area contributed by atoms with Gasteiger partial charge >= 0.3 is 5.97 Å². The van der Waals surface area contributed by atoms with Crippen molar-refractivity contribution in [2.45, 2.75) is 19.9 Å². The highest BCUT2D eigenvalue weighted by atomic mass is 32.1. The minimum atomic E-state index is -1.06. The fourth-order valence-electron chi connectivity index (χ4n) is 3.61. The molecule has 0 atom stereocenters. The van der Waals surface area contributed by atoms with Gasteiger partial charge in [-0.15, -0.1) is 11.3 Å². The van der Waals surface area contributed by atoms with Crippen LogP contribution in [0.1, 0.15) is 33.9 Å². The summed E-state index contributed by atoms with van der Waals surface area (Å²) in [6, 6.07) is 14.8. The Morgan fingerprint density at radius 2 is 1.53 bits per heavy atom. The first kappa shape index (κ1) is 23.1. The van der Waals surface area contributed by atoms with E-state index in [4.69, 9.17) is 0 Å². The standard InChI is InChI=1S/C24H28N4O3S/c1-14(2)28(23(29)21-17(26-4)11-16(25-3)12-18(21)27-5)19-13-20(32-22(19)24(30)31)15-9-7-6-8-10-15/h6-14,25-27H,1-5H3,(H,30,31). The second-order valence-corrected chi connectivity index (χ2v) is 8.51. The molecule has 4 N–H and O–H groups in total. The topological polar surface area (TPSA) is 93.7 Å². The molecule has 0 aliphatic rings. The average molecular weight is 453 g/mol. The van der Waals surface area contributed by atoms with Crippen LogP contribution in [0.15, 0.2) is 48.5 Å². The summed E-state index contributed by atoms with van der Waals surface area (Å²) in [4.78, 5) is 28.5. The highest BCUT2D eigenvalue weighted by Crippen LogP contribution is 2.40. The third-order valence-corrected chi connectivity index (χ3v) is 6.30. The van der Waals surface area contributed by atoms with Gasteiger partial charge in [-0.05, 0) is 37.6 Å². The molecule has 0 saturated carbocycles. The van der Waals surface area contributed by atoms with Gasteiger partial charge in [0, 0.05) is 37.7 Å². The van der Waals surface area contributed by atoms with Gasteiger partial charge in [-0.1, -0.05) is 30.3 Å². The van der Waals surface area contributed by atoms with Crippen LogP contribution < -0.4 is 20.9 Å². The molecule has 168 valence electrons. The first-order valence-electron chi connectivity index (χ1n) is 10.3. The SMILES string of the molecule is CNc1cc(NC)c(C(=O)N(c2cc(-c3ccccc3)sc2C(=O)O)C(C)C)c(NC)c1. The molecule has 0 aliphatic carbocycles. The Labute approximate surface area is 192 Å². The lowest BCUT2D eigenvalue weighted by molar-refractivity contribution is 0.0703. The molecular weight excluding hydrogens is 424 g/mol. The normalized spacial score (nSPS) is 10.7. The number of carboxylic acids is 1. The zero-order chi connectivity index (χ0) is 23.4. The molecule has 0 fully saturated rings. The van der Waals surface area contributed by atoms with Crippen molar-refractivity contribution in [1.82, 2.24) is 0 Å². The van der Waals surface area contributed by atoms with Crippen LogP contribution in [-0.2, 0) is 0 Å². The van der Waals surface area contributed by atoms with Crippen LogP contribution >= 0.6 is 11.3 Å². The largest absolute Gasteiger partial charge is 0.477 e. The number of aromatic carboxylic acids is 1. The summed E-state index contributed by atoms with van der Waals surface area (Å²) in [6.45, 7) is 3.76. The van der Waals surface area contributed by atoms with E-state index in [0.29, 0.717) is 22.6 Å². The average Bonchev–Trinajstić information content (AvgIpc) is 3.23. The molecule has 1 amide bonds. The maximum Gasteiger partial charge on any atom is 0.348 e. The zero-order valence-corrected chi connectivity index (χ0v) is 19.6. The molecule has 2 aromatic carbocycles. The van der Waals surface area contributed by atoms with Crippen molar-refractivity contribution in [1.29, 1.82) is 0 Å². The van der Waals surface area contributed by atoms with Crippen LogP contribution in [0.4, 0.5) is 22.7 Å². The first-order chi connectivity index (χ1) is 15.3. The molecule has 7 nitrogen and oxygen atoms in total. The van der Waals surface area contributed by atoms with Gasteiger partial charge in [0.15, 0.2) is 0 Å². The molecule has 0 saturated heterocycles. The maximum absolute atomic E-state index is 13.9. The Morgan fingerprint density at radius 3 is 2.00 bits per heavy atom. The number of anilines is 4. The summed E-state index contributed by atoms with van der Waals surface area (Å²) < 4.78 is 0. The van der Waals surface area contributed by atoms with Crippen LogP contribution in [0.25, 0.3) is 10.4 Å². The molecule has 0 unspecified atom stereocenters. The predicted molar refractivity (Wildman–Crippen MR) is 134 cm³/mol. The number of carboxylic acid groups (broad SMARTS) is 1. The van der Waals surface area contributed by atoms with Gasteiger partial charge in [0.05, 0.1) is 22.6 Å². The van der Waals surface area contributed by atoms with Crippen LogP contribution in [0.3, 0.4) is 0 Å². The molecule has 32 heavy (non-hydrogen) atoms. The van der Waals surface area contributed by atoms with E-state index in [0.717, 1.165) is 16.1 Å². The monoisotopic (exact) mass is 452 g/mol. The lowest BCUT2D eigenvalue weighted by Gasteiger charge is -2.28. The molecule has 0 spiro atoms. The number of carbonyl (C=O) groups is 2. The molecule has 0 bridgehead atoms. The smallest absolute Gasteiger partial charge is 0.348 e. The summed E-state index contributed by atoms with van der Waals surface area (Å²) >= 11 is 1.17. The van der Waals surface area contributed by atoms with Crippen LogP contribution in [0.2, 0.25) is 0 Å². The Kier molecular flexibility index (Phi) is 7.05. The second kappa shape index (κ2) is 9.74. The van der Waals surface area contributed by atoms with Gasteiger partial charge < -0.3 is 26.0 Å². The van der Waals surface area contributed by atoms with Crippen molar-refractivity contribution < 1.29 is 14.7 Å².